The number of rotatable bonds is 15. The van der Waals surface area contributed by atoms with Crippen LogP contribution in [0.3, 0.4) is 0 Å². The van der Waals surface area contributed by atoms with E-state index in [1.54, 1.807) is 0 Å². The zero-order valence-corrected chi connectivity index (χ0v) is 13.0. The van der Waals surface area contributed by atoms with Crippen LogP contribution in [0.2, 0.25) is 0 Å². The van der Waals surface area contributed by atoms with Crippen molar-refractivity contribution in [2.75, 3.05) is 46.2 Å². The van der Waals surface area contributed by atoms with E-state index in [-0.39, 0.29) is 6.10 Å². The van der Waals surface area contributed by atoms with E-state index in [2.05, 4.69) is 6.92 Å². The first kappa shape index (κ1) is 18.8. The maximum Gasteiger partial charge on any atom is 0.0703 e. The van der Waals surface area contributed by atoms with Crippen molar-refractivity contribution >= 4 is 0 Å². The van der Waals surface area contributed by atoms with Crippen LogP contribution < -0.4 is 0 Å². The van der Waals surface area contributed by atoms with E-state index in [0.29, 0.717) is 39.6 Å². The minimum Gasteiger partial charge on any atom is -0.379 e. The summed E-state index contributed by atoms with van der Waals surface area (Å²) < 4.78 is 21.6. The molecule has 0 saturated heterocycles. The van der Waals surface area contributed by atoms with Gasteiger partial charge in [0.05, 0.1) is 45.7 Å². The van der Waals surface area contributed by atoms with E-state index in [1.807, 2.05) is 13.8 Å². The molecule has 0 bridgehead atoms. The predicted molar refractivity (Wildman–Crippen MR) is 77.7 cm³/mol. The monoisotopic (exact) mass is 276 g/mol. The molecule has 0 unspecified atom stereocenters. The average Bonchev–Trinajstić information content (AvgIpc) is 2.39. The molecule has 0 fully saturated rings. The molecular formula is C15H32O4. The quantitative estimate of drug-likeness (QED) is 0.431. The first-order valence-corrected chi connectivity index (χ1v) is 7.62. The van der Waals surface area contributed by atoms with Crippen molar-refractivity contribution in [1.29, 1.82) is 0 Å². The second-order valence-electron chi connectivity index (χ2n) is 4.82. The predicted octanol–water partition coefficient (Wildman–Crippen LogP) is 3.04. The molecule has 4 nitrogen and oxygen atoms in total. The van der Waals surface area contributed by atoms with Crippen LogP contribution in [0.4, 0.5) is 0 Å². The maximum absolute atomic E-state index is 5.47. The highest BCUT2D eigenvalue weighted by Gasteiger charge is 1.94. The second-order valence-corrected chi connectivity index (χ2v) is 4.82. The van der Waals surface area contributed by atoms with Gasteiger partial charge in [0, 0.05) is 6.61 Å². The molecule has 0 amide bonds. The van der Waals surface area contributed by atoms with Gasteiger partial charge in [-0.25, -0.2) is 0 Å². The summed E-state index contributed by atoms with van der Waals surface area (Å²) in [6, 6.07) is 0. The molecule has 116 valence electrons. The largest absolute Gasteiger partial charge is 0.379 e. The lowest BCUT2D eigenvalue weighted by Gasteiger charge is -2.08. The summed E-state index contributed by atoms with van der Waals surface area (Å²) >= 11 is 0. The lowest BCUT2D eigenvalue weighted by Crippen LogP contribution is -2.13. The average molecular weight is 276 g/mol. The van der Waals surface area contributed by atoms with E-state index in [0.717, 1.165) is 13.0 Å². The number of ether oxygens (including phenoxy) is 4. The molecule has 0 aliphatic rings. The summed E-state index contributed by atoms with van der Waals surface area (Å²) in [4.78, 5) is 0. The van der Waals surface area contributed by atoms with Gasteiger partial charge in [-0.1, -0.05) is 26.2 Å². The van der Waals surface area contributed by atoms with Crippen LogP contribution in [0, 0.1) is 0 Å². The van der Waals surface area contributed by atoms with Crippen molar-refractivity contribution in [1.82, 2.24) is 0 Å². The van der Waals surface area contributed by atoms with E-state index < -0.39 is 0 Å². The zero-order chi connectivity index (χ0) is 14.2. The van der Waals surface area contributed by atoms with E-state index in [4.69, 9.17) is 18.9 Å². The SMILES string of the molecule is CCCCCCOCCOCCOCCOC(C)C. The molecule has 0 saturated carbocycles. The third-order valence-corrected chi connectivity index (χ3v) is 2.57. The Morgan fingerprint density at radius 1 is 0.632 bits per heavy atom. The lowest BCUT2D eigenvalue weighted by atomic mass is 10.2. The van der Waals surface area contributed by atoms with Crippen molar-refractivity contribution in [3.63, 3.8) is 0 Å². The highest BCUT2D eigenvalue weighted by Crippen LogP contribution is 1.98. The van der Waals surface area contributed by atoms with E-state index in [9.17, 15) is 0 Å². The van der Waals surface area contributed by atoms with Gasteiger partial charge in [-0.15, -0.1) is 0 Å². The van der Waals surface area contributed by atoms with Gasteiger partial charge in [-0.2, -0.15) is 0 Å². The molecule has 4 heteroatoms. The van der Waals surface area contributed by atoms with Crippen LogP contribution in [-0.2, 0) is 18.9 Å². The zero-order valence-electron chi connectivity index (χ0n) is 13.0. The molecule has 0 atom stereocenters. The summed E-state index contributed by atoms with van der Waals surface area (Å²) in [5.41, 5.74) is 0. The van der Waals surface area contributed by atoms with Crippen LogP contribution in [-0.4, -0.2) is 52.4 Å². The Labute approximate surface area is 118 Å². The highest BCUT2D eigenvalue weighted by molar-refractivity contribution is 4.40. The van der Waals surface area contributed by atoms with Gasteiger partial charge in [0.2, 0.25) is 0 Å². The first-order chi connectivity index (χ1) is 9.27. The molecule has 19 heavy (non-hydrogen) atoms. The third kappa shape index (κ3) is 17.8. The van der Waals surface area contributed by atoms with Crippen LogP contribution in [0.1, 0.15) is 46.5 Å². The normalized spacial score (nSPS) is 11.4. The molecule has 0 aliphatic carbocycles. The molecule has 0 radical (unpaired) electrons. The third-order valence-electron chi connectivity index (χ3n) is 2.57. The Kier molecular flexibility index (Phi) is 15.8. The van der Waals surface area contributed by atoms with Crippen LogP contribution >= 0.6 is 0 Å². The molecule has 0 aromatic carbocycles. The van der Waals surface area contributed by atoms with Crippen molar-refractivity contribution in [2.24, 2.45) is 0 Å². The number of unbranched alkanes of at least 4 members (excludes halogenated alkanes) is 3. The fourth-order valence-corrected chi connectivity index (χ4v) is 1.52. The fourth-order valence-electron chi connectivity index (χ4n) is 1.52. The van der Waals surface area contributed by atoms with Gasteiger partial charge in [-0.05, 0) is 20.3 Å². The molecule has 0 heterocycles. The number of hydrogen-bond acceptors (Lipinski definition) is 4. The fraction of sp³-hybridized carbons (Fsp3) is 1.00. The van der Waals surface area contributed by atoms with Crippen molar-refractivity contribution in [3.05, 3.63) is 0 Å². The Morgan fingerprint density at radius 3 is 1.68 bits per heavy atom. The van der Waals surface area contributed by atoms with Crippen molar-refractivity contribution < 1.29 is 18.9 Å². The topological polar surface area (TPSA) is 36.9 Å². The molecular weight excluding hydrogens is 244 g/mol. The Hall–Kier alpha value is -0.160. The molecule has 0 N–H and O–H groups in total. The van der Waals surface area contributed by atoms with E-state index in [1.165, 1.54) is 19.3 Å². The molecule has 0 aliphatic heterocycles. The highest BCUT2D eigenvalue weighted by atomic mass is 16.6. The van der Waals surface area contributed by atoms with Gasteiger partial charge in [0.1, 0.15) is 0 Å². The standard InChI is InChI=1S/C15H32O4/c1-4-5-6-7-8-16-9-10-17-11-12-18-13-14-19-15(2)3/h15H,4-14H2,1-3H3. The van der Waals surface area contributed by atoms with Crippen LogP contribution in [0.25, 0.3) is 0 Å². The summed E-state index contributed by atoms with van der Waals surface area (Å²) in [6.07, 6.45) is 5.27. The van der Waals surface area contributed by atoms with Crippen molar-refractivity contribution in [3.8, 4) is 0 Å². The Bertz CT molecular complexity index is 162. The molecule has 0 aromatic rings. The second kappa shape index (κ2) is 15.9. The summed E-state index contributed by atoms with van der Waals surface area (Å²) in [6.45, 7) is 11.0. The lowest BCUT2D eigenvalue weighted by molar-refractivity contribution is -0.0119. The number of hydrogen-bond donors (Lipinski definition) is 0. The smallest absolute Gasteiger partial charge is 0.0703 e. The van der Waals surface area contributed by atoms with Gasteiger partial charge in [0.25, 0.3) is 0 Å². The molecule has 0 rings (SSSR count). The molecule has 0 aromatic heterocycles. The summed E-state index contributed by atoms with van der Waals surface area (Å²) in [5, 5.41) is 0. The van der Waals surface area contributed by atoms with Crippen LogP contribution in [0.15, 0.2) is 0 Å². The Balaban J connectivity index is 2.91. The van der Waals surface area contributed by atoms with Crippen molar-refractivity contribution in [2.45, 2.75) is 52.6 Å². The summed E-state index contributed by atoms with van der Waals surface area (Å²) in [5.74, 6) is 0. The van der Waals surface area contributed by atoms with Gasteiger partial charge in [0.15, 0.2) is 0 Å². The first-order valence-electron chi connectivity index (χ1n) is 7.62. The van der Waals surface area contributed by atoms with E-state index >= 15 is 0 Å². The molecule has 0 spiro atoms. The van der Waals surface area contributed by atoms with Crippen LogP contribution in [0.5, 0.6) is 0 Å². The Morgan fingerprint density at radius 2 is 1.16 bits per heavy atom. The van der Waals surface area contributed by atoms with Gasteiger partial charge in [-0.3, -0.25) is 0 Å². The van der Waals surface area contributed by atoms with Gasteiger partial charge < -0.3 is 18.9 Å². The minimum atomic E-state index is 0.273. The maximum atomic E-state index is 5.47. The van der Waals surface area contributed by atoms with Gasteiger partial charge >= 0.3 is 0 Å². The summed E-state index contributed by atoms with van der Waals surface area (Å²) in [7, 11) is 0. The minimum absolute atomic E-state index is 0.273.